The minimum atomic E-state index is -2.64. The van der Waals surface area contributed by atoms with Gasteiger partial charge in [0.15, 0.2) is 5.69 Å². The molecule has 1 atom stereocenters. The standard InChI is InChI=1S/C13H10F2N6/c1-7(8-2-3-10(12(14)15)19-6-8)21-13(18)9(4-16)11(5-17)20-21/h2-3,6-7,12H,18H2,1H3. The molecule has 0 aliphatic carbocycles. The highest BCUT2D eigenvalue weighted by molar-refractivity contribution is 5.56. The molecular formula is C13H10F2N6. The molecule has 8 heteroatoms. The molecule has 0 saturated heterocycles. The topological polar surface area (TPSA) is 104 Å². The van der Waals surface area contributed by atoms with Crippen molar-refractivity contribution in [1.29, 1.82) is 10.5 Å². The average Bonchev–Trinajstić information content (AvgIpc) is 2.82. The summed E-state index contributed by atoms with van der Waals surface area (Å²) in [6.45, 7) is 1.71. The number of nitrogens with two attached hydrogens (primary N) is 1. The Morgan fingerprint density at radius 3 is 2.43 bits per heavy atom. The van der Waals surface area contributed by atoms with E-state index < -0.39 is 12.5 Å². The molecule has 2 aromatic rings. The molecule has 0 saturated carbocycles. The number of halogens is 2. The number of rotatable bonds is 3. The van der Waals surface area contributed by atoms with Crippen LogP contribution in [0.2, 0.25) is 0 Å². The Labute approximate surface area is 119 Å². The van der Waals surface area contributed by atoms with Crippen LogP contribution in [0.25, 0.3) is 0 Å². The number of aromatic nitrogens is 3. The lowest BCUT2D eigenvalue weighted by Gasteiger charge is -2.14. The lowest BCUT2D eigenvalue weighted by molar-refractivity contribution is 0.146. The van der Waals surface area contributed by atoms with Gasteiger partial charge in [-0.25, -0.2) is 13.5 Å². The molecule has 0 bridgehead atoms. The van der Waals surface area contributed by atoms with Crippen LogP contribution >= 0.6 is 0 Å². The fourth-order valence-electron chi connectivity index (χ4n) is 1.87. The smallest absolute Gasteiger partial charge is 0.280 e. The molecule has 0 aromatic carbocycles. The lowest BCUT2D eigenvalue weighted by atomic mass is 10.1. The summed E-state index contributed by atoms with van der Waals surface area (Å²) in [6.07, 6.45) is -1.34. The van der Waals surface area contributed by atoms with Gasteiger partial charge in [-0.3, -0.25) is 4.98 Å². The molecule has 0 amide bonds. The van der Waals surface area contributed by atoms with Gasteiger partial charge in [0.1, 0.15) is 29.2 Å². The van der Waals surface area contributed by atoms with Crippen molar-refractivity contribution in [2.24, 2.45) is 0 Å². The van der Waals surface area contributed by atoms with Crippen molar-refractivity contribution in [3.05, 3.63) is 40.8 Å². The quantitative estimate of drug-likeness (QED) is 0.931. The highest BCUT2D eigenvalue weighted by atomic mass is 19.3. The predicted molar refractivity (Wildman–Crippen MR) is 69.1 cm³/mol. The van der Waals surface area contributed by atoms with Crippen LogP contribution in [-0.2, 0) is 0 Å². The number of nitrogen functional groups attached to an aromatic ring is 1. The molecule has 0 radical (unpaired) electrons. The van der Waals surface area contributed by atoms with E-state index >= 15 is 0 Å². The van der Waals surface area contributed by atoms with Gasteiger partial charge in [-0.1, -0.05) is 6.07 Å². The maximum atomic E-state index is 12.5. The Balaban J connectivity index is 2.41. The third-order valence-corrected chi connectivity index (χ3v) is 3.05. The lowest BCUT2D eigenvalue weighted by Crippen LogP contribution is -2.12. The van der Waals surface area contributed by atoms with E-state index in [4.69, 9.17) is 16.3 Å². The molecular weight excluding hydrogens is 278 g/mol. The van der Waals surface area contributed by atoms with Gasteiger partial charge in [0, 0.05) is 6.20 Å². The molecule has 0 aliphatic rings. The summed E-state index contributed by atoms with van der Waals surface area (Å²) >= 11 is 0. The van der Waals surface area contributed by atoms with Crippen LogP contribution in [0.4, 0.5) is 14.6 Å². The van der Waals surface area contributed by atoms with Crippen molar-refractivity contribution in [1.82, 2.24) is 14.8 Å². The fraction of sp³-hybridized carbons (Fsp3) is 0.231. The monoisotopic (exact) mass is 288 g/mol. The molecule has 21 heavy (non-hydrogen) atoms. The van der Waals surface area contributed by atoms with Crippen LogP contribution in [0.5, 0.6) is 0 Å². The second-order valence-electron chi connectivity index (χ2n) is 4.27. The van der Waals surface area contributed by atoms with Crippen molar-refractivity contribution in [2.45, 2.75) is 19.4 Å². The number of alkyl halides is 2. The molecule has 6 nitrogen and oxygen atoms in total. The van der Waals surface area contributed by atoms with E-state index in [0.717, 1.165) is 0 Å². The first-order valence-corrected chi connectivity index (χ1v) is 5.91. The number of pyridine rings is 1. The highest BCUT2D eigenvalue weighted by Gasteiger charge is 2.20. The van der Waals surface area contributed by atoms with Gasteiger partial charge in [0.2, 0.25) is 0 Å². The van der Waals surface area contributed by atoms with Gasteiger partial charge in [-0.2, -0.15) is 15.6 Å². The molecule has 2 N–H and O–H groups in total. The highest BCUT2D eigenvalue weighted by Crippen LogP contribution is 2.25. The molecule has 1 unspecified atom stereocenters. The van der Waals surface area contributed by atoms with E-state index in [2.05, 4.69) is 10.1 Å². The summed E-state index contributed by atoms with van der Waals surface area (Å²) in [5, 5.41) is 21.8. The minimum Gasteiger partial charge on any atom is -0.383 e. The van der Waals surface area contributed by atoms with Crippen molar-refractivity contribution in [3.63, 3.8) is 0 Å². The fourth-order valence-corrected chi connectivity index (χ4v) is 1.87. The Kier molecular flexibility index (Phi) is 3.81. The van der Waals surface area contributed by atoms with Crippen LogP contribution in [0.15, 0.2) is 18.3 Å². The first-order chi connectivity index (χ1) is 9.99. The second-order valence-corrected chi connectivity index (χ2v) is 4.27. The zero-order valence-electron chi connectivity index (χ0n) is 11.0. The maximum absolute atomic E-state index is 12.5. The van der Waals surface area contributed by atoms with Gasteiger partial charge in [0.05, 0.1) is 6.04 Å². The first kappa shape index (κ1) is 14.4. The summed E-state index contributed by atoms with van der Waals surface area (Å²) in [7, 11) is 0. The largest absolute Gasteiger partial charge is 0.383 e. The molecule has 0 spiro atoms. The molecule has 2 heterocycles. The molecule has 2 rings (SSSR count). The summed E-state index contributed by atoms with van der Waals surface area (Å²) in [6, 6.07) is 5.86. The van der Waals surface area contributed by atoms with Crippen LogP contribution in [-0.4, -0.2) is 14.8 Å². The van der Waals surface area contributed by atoms with Crippen molar-refractivity contribution < 1.29 is 8.78 Å². The SMILES string of the molecule is CC(c1ccc(C(F)F)nc1)n1nc(C#N)c(C#N)c1N. The third-order valence-electron chi connectivity index (χ3n) is 3.05. The van der Waals surface area contributed by atoms with Gasteiger partial charge < -0.3 is 5.73 Å². The van der Waals surface area contributed by atoms with Crippen LogP contribution in [0.3, 0.4) is 0 Å². The Morgan fingerprint density at radius 1 is 1.29 bits per heavy atom. The summed E-state index contributed by atoms with van der Waals surface area (Å²) in [4.78, 5) is 3.66. The first-order valence-electron chi connectivity index (χ1n) is 5.91. The maximum Gasteiger partial charge on any atom is 0.280 e. The predicted octanol–water partition coefficient (Wildman–Crippen LogP) is 2.15. The normalized spacial score (nSPS) is 11.9. The summed E-state index contributed by atoms with van der Waals surface area (Å²) < 4.78 is 26.2. The zero-order chi connectivity index (χ0) is 15.6. The van der Waals surface area contributed by atoms with E-state index in [0.29, 0.717) is 5.56 Å². The Hall–Kier alpha value is -3.00. The van der Waals surface area contributed by atoms with E-state index in [9.17, 15) is 8.78 Å². The number of nitrogens with zero attached hydrogens (tertiary/aromatic N) is 5. The van der Waals surface area contributed by atoms with Gasteiger partial charge in [-0.15, -0.1) is 0 Å². The number of hydrogen-bond acceptors (Lipinski definition) is 5. The van der Waals surface area contributed by atoms with Crippen LogP contribution in [0.1, 0.15) is 41.9 Å². The van der Waals surface area contributed by atoms with Crippen LogP contribution < -0.4 is 5.73 Å². The Morgan fingerprint density at radius 2 is 2.00 bits per heavy atom. The average molecular weight is 288 g/mol. The summed E-state index contributed by atoms with van der Waals surface area (Å²) in [5.41, 5.74) is 5.99. The van der Waals surface area contributed by atoms with Crippen molar-refractivity contribution in [2.75, 3.05) is 5.73 Å². The number of hydrogen-bond donors (Lipinski definition) is 1. The van der Waals surface area contributed by atoms with E-state index in [-0.39, 0.29) is 22.8 Å². The number of nitriles is 2. The van der Waals surface area contributed by atoms with Gasteiger partial charge in [-0.05, 0) is 18.6 Å². The summed E-state index contributed by atoms with van der Waals surface area (Å²) in [5.74, 6) is 0.0551. The zero-order valence-corrected chi connectivity index (χ0v) is 11.0. The van der Waals surface area contributed by atoms with Crippen molar-refractivity contribution in [3.8, 4) is 12.1 Å². The second kappa shape index (κ2) is 5.55. The number of anilines is 1. The van der Waals surface area contributed by atoms with Crippen molar-refractivity contribution >= 4 is 5.82 Å². The molecule has 2 aromatic heterocycles. The van der Waals surface area contributed by atoms with Crippen LogP contribution in [0, 0.1) is 22.7 Å². The van der Waals surface area contributed by atoms with Gasteiger partial charge in [0.25, 0.3) is 6.43 Å². The van der Waals surface area contributed by atoms with E-state index in [1.807, 2.05) is 6.07 Å². The third kappa shape index (κ3) is 2.51. The Bertz CT molecular complexity index is 736. The minimum absolute atomic E-state index is 0.00140. The molecule has 0 fully saturated rings. The molecule has 0 aliphatic heterocycles. The van der Waals surface area contributed by atoms with E-state index in [1.54, 1.807) is 13.0 Å². The van der Waals surface area contributed by atoms with E-state index in [1.165, 1.54) is 23.0 Å². The van der Waals surface area contributed by atoms with Gasteiger partial charge >= 0.3 is 0 Å². The molecule has 106 valence electrons.